The van der Waals surface area contributed by atoms with Gasteiger partial charge in [-0.25, -0.2) is 26.3 Å². The molecule has 4 aliphatic rings. The lowest BCUT2D eigenvalue weighted by atomic mass is 9.93. The predicted octanol–water partition coefficient (Wildman–Crippen LogP) is 14.5. The van der Waals surface area contributed by atoms with Crippen LogP contribution in [0.2, 0.25) is 0 Å². The van der Waals surface area contributed by atoms with E-state index < -0.39 is 62.8 Å². The van der Waals surface area contributed by atoms with Crippen molar-refractivity contribution in [2.45, 2.75) is 71.6 Å². The van der Waals surface area contributed by atoms with Gasteiger partial charge in [-0.2, -0.15) is 0 Å². The molecule has 616 valence electrons. The maximum atomic E-state index is 15.2. The van der Waals surface area contributed by atoms with Crippen LogP contribution in [0.4, 0.5) is 54.8 Å². The normalized spacial score (nSPS) is 13.9. The molecule has 0 atom stereocenters. The molecular weight excluding hydrogens is 1540 g/mol. The second kappa shape index (κ2) is 37.7. The van der Waals surface area contributed by atoms with Gasteiger partial charge in [-0.05, 0) is 216 Å². The lowest BCUT2D eigenvalue weighted by Gasteiger charge is -2.23. The van der Waals surface area contributed by atoms with Crippen LogP contribution >= 0.6 is 0 Å². The van der Waals surface area contributed by atoms with Gasteiger partial charge in [-0.3, -0.25) is 57.9 Å². The number of carboxylic acids is 2. The summed E-state index contributed by atoms with van der Waals surface area (Å²) in [5.74, 6) is -5.69. The van der Waals surface area contributed by atoms with E-state index in [0.29, 0.717) is 124 Å². The number of benzene rings is 8. The minimum absolute atomic E-state index is 0.0269. The predicted molar refractivity (Wildman–Crippen MR) is 428 cm³/mol. The molecule has 118 heavy (non-hydrogen) atoms. The van der Waals surface area contributed by atoms with Crippen molar-refractivity contribution in [3.63, 3.8) is 0 Å². The van der Waals surface area contributed by atoms with Crippen LogP contribution in [0.1, 0.15) is 91.5 Å². The quantitative estimate of drug-likeness (QED) is 0.0208. The molecule has 25 nitrogen and oxygen atoms in total. The summed E-state index contributed by atoms with van der Waals surface area (Å²) in [5.41, 5.74) is 6.16. The van der Waals surface area contributed by atoms with Crippen LogP contribution in [-0.2, 0) is 44.8 Å². The highest BCUT2D eigenvalue weighted by atomic mass is 19.1. The molecular formula is C87H85F6N9O16. The Labute approximate surface area is 674 Å². The zero-order valence-corrected chi connectivity index (χ0v) is 65.9. The van der Waals surface area contributed by atoms with E-state index in [9.17, 15) is 69.9 Å². The van der Waals surface area contributed by atoms with Gasteiger partial charge in [0, 0.05) is 119 Å². The number of pyridine rings is 2. The van der Waals surface area contributed by atoms with Crippen molar-refractivity contribution < 1.29 is 103 Å². The Morgan fingerprint density at radius 1 is 0.424 bits per heavy atom. The summed E-state index contributed by atoms with van der Waals surface area (Å²) in [5, 5.41) is 26.5. The number of ether oxygens (including phenoxy) is 4. The minimum Gasteiger partial charge on any atom is -0.496 e. The monoisotopic (exact) mass is 1630 g/mol. The molecule has 14 rings (SSSR count). The molecule has 31 heteroatoms. The topological polar surface area (TPSA) is 346 Å². The summed E-state index contributed by atoms with van der Waals surface area (Å²) in [6.45, 7) is 2.78. The number of nitrogens with zero attached hydrogens (tertiary/aromatic N) is 5. The van der Waals surface area contributed by atoms with E-state index in [1.54, 1.807) is 81.8 Å². The average molecular weight is 1630 g/mol. The number of fused-ring (bicyclic) bond motifs is 2. The SMILES string of the molecule is CC(=O)C1(C(=O)N(C)c2ccc(F)cc2)CC1.CC(=O)C1(C(=O)O)CC1.CN(C(=O)C1(C(=O)O)CC1)c1ccc(F)cc1.CNC(=O)c1cc2c(Oc3ccc(CC(=O)C4(C(=O)N(C)c5ccc(F)cc5)CC4)cc3F)ccnc2cc1OC.CNC(=O)c1cc2c(Oc3ccc(N)cc3F)ccnc2cc1OC.CNc1ccc(F)cc1. The van der Waals surface area contributed by atoms with Crippen LogP contribution in [0.5, 0.6) is 34.5 Å². The number of anilines is 5. The second-order valence-electron chi connectivity index (χ2n) is 28.0. The number of hydrogen-bond acceptors (Lipinski definition) is 18. The fourth-order valence-corrected chi connectivity index (χ4v) is 12.4. The molecule has 2 aromatic heterocycles. The summed E-state index contributed by atoms with van der Waals surface area (Å²) >= 11 is 0. The smallest absolute Gasteiger partial charge is 0.319 e. The lowest BCUT2D eigenvalue weighted by Crippen LogP contribution is -2.39. The summed E-state index contributed by atoms with van der Waals surface area (Å²) < 4.78 is 102. The number of carbonyl (C=O) groups is 10. The van der Waals surface area contributed by atoms with E-state index in [0.717, 1.165) is 5.69 Å². The number of methoxy groups -OCH3 is 2. The van der Waals surface area contributed by atoms with Gasteiger partial charge in [0.2, 0.25) is 17.7 Å². The first-order chi connectivity index (χ1) is 56.1. The first-order valence-corrected chi connectivity index (χ1v) is 36.7. The van der Waals surface area contributed by atoms with Crippen molar-refractivity contribution in [3.05, 3.63) is 234 Å². The van der Waals surface area contributed by atoms with E-state index in [-0.39, 0.29) is 81.8 Å². The zero-order chi connectivity index (χ0) is 86.3. The number of aromatic nitrogens is 2. The Hall–Kier alpha value is -13.7. The van der Waals surface area contributed by atoms with E-state index in [4.69, 9.17) is 34.9 Å². The molecule has 0 bridgehead atoms. The van der Waals surface area contributed by atoms with Crippen LogP contribution in [0.3, 0.4) is 0 Å². The molecule has 4 fully saturated rings. The van der Waals surface area contributed by atoms with Crippen LogP contribution in [0.15, 0.2) is 182 Å². The number of aliphatic carboxylic acids is 2. The van der Waals surface area contributed by atoms with Crippen LogP contribution in [0.25, 0.3) is 21.8 Å². The van der Waals surface area contributed by atoms with Crippen LogP contribution in [0, 0.1) is 56.6 Å². The van der Waals surface area contributed by atoms with Gasteiger partial charge in [-0.1, -0.05) is 6.07 Å². The number of ketones is 3. The minimum atomic E-state index is -1.26. The van der Waals surface area contributed by atoms with Crippen molar-refractivity contribution in [1.29, 1.82) is 0 Å². The third-order valence-corrected chi connectivity index (χ3v) is 20.4. The summed E-state index contributed by atoms with van der Waals surface area (Å²) in [4.78, 5) is 131. The molecule has 4 aliphatic carbocycles. The highest BCUT2D eigenvalue weighted by Crippen LogP contribution is 2.51. The molecule has 5 amide bonds. The number of nitrogens with one attached hydrogen (secondary N) is 3. The van der Waals surface area contributed by atoms with E-state index in [1.165, 1.54) is 185 Å². The Morgan fingerprint density at radius 2 is 0.771 bits per heavy atom. The van der Waals surface area contributed by atoms with Gasteiger partial charge >= 0.3 is 11.9 Å². The molecule has 7 N–H and O–H groups in total. The summed E-state index contributed by atoms with van der Waals surface area (Å²) in [6, 6.07) is 40.6. The average Bonchev–Trinajstić information content (AvgIpc) is 1.55. The second-order valence-corrected chi connectivity index (χ2v) is 28.0. The summed E-state index contributed by atoms with van der Waals surface area (Å²) in [7, 11) is 12.4. The lowest BCUT2D eigenvalue weighted by molar-refractivity contribution is -0.149. The molecule has 0 saturated heterocycles. The van der Waals surface area contributed by atoms with E-state index in [2.05, 4.69) is 25.9 Å². The van der Waals surface area contributed by atoms with Crippen LogP contribution < -0.4 is 55.3 Å². The molecule has 2 heterocycles. The number of Topliss-reactive ketones (excluding diaryl/α,β-unsaturated/α-hetero) is 3. The summed E-state index contributed by atoms with van der Waals surface area (Å²) in [6.07, 6.45) is 6.72. The number of rotatable bonds is 22. The van der Waals surface area contributed by atoms with Crippen molar-refractivity contribution in [3.8, 4) is 34.5 Å². The molecule has 0 aliphatic heterocycles. The van der Waals surface area contributed by atoms with E-state index >= 15 is 4.39 Å². The molecule has 10 aromatic rings. The van der Waals surface area contributed by atoms with Crippen molar-refractivity contribution in [1.82, 2.24) is 20.6 Å². The molecule has 8 aromatic carbocycles. The number of hydrogen-bond donors (Lipinski definition) is 6. The van der Waals surface area contributed by atoms with Crippen molar-refractivity contribution >= 4 is 109 Å². The zero-order valence-electron chi connectivity index (χ0n) is 65.9. The van der Waals surface area contributed by atoms with Gasteiger partial charge in [0.05, 0.1) is 36.4 Å². The molecule has 0 spiro atoms. The first-order valence-electron chi connectivity index (χ1n) is 36.7. The standard InChI is InChI=1S/C31H27F2N3O5.C18H16FN3O3.C13H14FNO2.C12H12FNO3.C7H8FN.C6H8O3/c1-34-29(38)22-16-21-24(17-27(22)40-3)35-13-10-25(21)41-26-9-4-18(14-23(26)33)15-28(37)31(11-12-31)30(39)36(2)20-7-5-19(32)6-8-20;1-21-18(23)12-8-11-14(9-17(12)24-2)22-6-5-15(11)25-16-4-3-10(20)7-13(16)19;1-9(16)13(7-8-13)12(17)15(2)11-5-3-10(14)4-6-11;1-14(9-4-2-8(13)3-5-9)10(15)12(6-7-12)11(16)17;1-9-7-4-2-6(8)3-5-7;1-4(7)6(2-3-6)5(8)9/h4-10,13-14,16-17H,11-12,15H2,1-3H3,(H,34,38);3-9H,20H2,1-2H3,(H,21,23);3-6H,7-8H2,1-2H3;2-5H,6-7H2,1H3,(H,16,17);2-5,9H,1H3;2-3H2,1H3,(H,8,9). The molecule has 0 radical (unpaired) electrons. The third kappa shape index (κ3) is 20.5. The van der Waals surface area contributed by atoms with Crippen molar-refractivity contribution in [2.75, 3.05) is 82.3 Å². The van der Waals surface area contributed by atoms with Crippen molar-refractivity contribution in [2.24, 2.45) is 21.7 Å². The number of nitrogen functional groups attached to an aromatic ring is 1. The van der Waals surface area contributed by atoms with Gasteiger partial charge in [0.25, 0.3) is 11.8 Å². The fraction of sp³-hybridized carbons (Fsp3) is 0.264. The number of amides is 5. The van der Waals surface area contributed by atoms with Gasteiger partial charge in [0.1, 0.15) is 79.5 Å². The Morgan fingerprint density at radius 3 is 1.08 bits per heavy atom. The third-order valence-electron chi connectivity index (χ3n) is 20.4. The van der Waals surface area contributed by atoms with E-state index in [1.807, 2.05) is 0 Å². The number of halogens is 6. The number of nitrogens with two attached hydrogens (primary N) is 1. The maximum absolute atomic E-state index is 15.2. The number of carboxylic acid groups (broad SMARTS) is 2. The van der Waals surface area contributed by atoms with Gasteiger partial charge in [-0.15, -0.1) is 0 Å². The van der Waals surface area contributed by atoms with Crippen LogP contribution in [-0.4, -0.2) is 136 Å². The molecule has 0 unspecified atom stereocenters. The highest BCUT2D eigenvalue weighted by Gasteiger charge is 2.59. The Bertz CT molecular complexity index is 5350. The fourth-order valence-electron chi connectivity index (χ4n) is 12.4. The maximum Gasteiger partial charge on any atom is 0.319 e. The Kier molecular flexibility index (Phi) is 28.2. The largest absolute Gasteiger partial charge is 0.496 e. The first kappa shape index (κ1) is 88.2. The Balaban J connectivity index is 0.000000176. The highest BCUT2D eigenvalue weighted by molar-refractivity contribution is 6.16. The number of carbonyl (C=O) groups excluding carboxylic acids is 8. The molecule has 4 saturated carbocycles. The van der Waals surface area contributed by atoms with Gasteiger partial charge < -0.3 is 65.5 Å². The van der Waals surface area contributed by atoms with Gasteiger partial charge in [0.15, 0.2) is 28.9 Å².